The van der Waals surface area contributed by atoms with E-state index >= 15 is 0 Å². The average molecular weight is 417 g/mol. The van der Waals surface area contributed by atoms with Crippen molar-refractivity contribution < 1.29 is 18.7 Å². The van der Waals surface area contributed by atoms with Crippen LogP contribution in [0.2, 0.25) is 0 Å². The largest absolute Gasteiger partial charge is 0.460 e. The number of furan rings is 1. The molecular weight excluding hydrogens is 398 g/mol. The van der Waals surface area contributed by atoms with E-state index in [4.69, 9.17) is 13.9 Å². The number of carbonyl (C=O) groups is 1. The number of rotatable bonds is 6. The van der Waals surface area contributed by atoms with Crippen LogP contribution in [0, 0.1) is 18.3 Å². The van der Waals surface area contributed by atoms with Gasteiger partial charge in [0.2, 0.25) is 17.6 Å². The van der Waals surface area contributed by atoms with E-state index in [1.165, 1.54) is 0 Å². The number of para-hydroxylation sites is 2. The zero-order valence-electron chi connectivity index (χ0n) is 16.9. The quantitative estimate of drug-likeness (QED) is 0.454. The lowest BCUT2D eigenvalue weighted by Crippen LogP contribution is -2.07. The Bertz CT molecular complexity index is 1180. The molecule has 0 unspecified atom stereocenters. The molecule has 3 aromatic rings. The fourth-order valence-electron chi connectivity index (χ4n) is 3.01. The number of carbonyl (C=O) groups excluding carboxylic acids is 1. The Morgan fingerprint density at radius 2 is 2.16 bits per heavy atom. The first-order valence-corrected chi connectivity index (χ1v) is 9.61. The van der Waals surface area contributed by atoms with Crippen molar-refractivity contribution in [2.75, 3.05) is 17.2 Å². The highest BCUT2D eigenvalue weighted by molar-refractivity contribution is 5.86. The summed E-state index contributed by atoms with van der Waals surface area (Å²) in [7, 11) is 0. The number of ether oxygens (including phenoxy) is 2. The fraction of sp³-hybridized carbons (Fsp3) is 0.182. The first kappa shape index (κ1) is 20.0. The van der Waals surface area contributed by atoms with Gasteiger partial charge in [0.1, 0.15) is 17.4 Å². The Hall–Kier alpha value is -4.32. The van der Waals surface area contributed by atoms with Crippen LogP contribution in [-0.4, -0.2) is 22.5 Å². The Morgan fingerprint density at radius 1 is 1.32 bits per heavy atom. The number of allylic oxidation sites excluding steroid dienone is 1. The Morgan fingerprint density at radius 3 is 2.94 bits per heavy atom. The maximum atomic E-state index is 11.8. The predicted octanol–water partition coefficient (Wildman–Crippen LogP) is 3.86. The van der Waals surface area contributed by atoms with E-state index in [0.29, 0.717) is 35.6 Å². The highest BCUT2D eigenvalue weighted by atomic mass is 16.5. The van der Waals surface area contributed by atoms with Crippen molar-refractivity contribution in [1.29, 1.82) is 5.26 Å². The lowest BCUT2D eigenvalue weighted by atomic mass is 10.2. The van der Waals surface area contributed by atoms with Gasteiger partial charge in [-0.1, -0.05) is 12.1 Å². The Balaban J connectivity index is 1.51. The molecule has 0 atom stereocenters. The molecule has 9 nitrogen and oxygen atoms in total. The number of anilines is 2. The molecule has 2 N–H and O–H groups in total. The number of aromatic nitrogens is 2. The summed E-state index contributed by atoms with van der Waals surface area (Å²) in [4.78, 5) is 20.5. The summed E-state index contributed by atoms with van der Waals surface area (Å²) in [5.74, 6) is 1.51. The number of aryl methyl sites for hydroxylation is 1. The van der Waals surface area contributed by atoms with Crippen LogP contribution in [0.25, 0.3) is 5.57 Å². The lowest BCUT2D eigenvalue weighted by molar-refractivity contribution is 0.0488. The van der Waals surface area contributed by atoms with Crippen LogP contribution in [0.3, 0.4) is 0 Å². The SMILES string of the molecule is CCOC(=O)c1cc(CNc2nccc(C(C#N)=C3Nc4ccccc4O3)n2)c(C)o1. The molecule has 3 heterocycles. The Kier molecular flexibility index (Phi) is 5.53. The summed E-state index contributed by atoms with van der Waals surface area (Å²) in [6.07, 6.45) is 1.55. The molecule has 0 radical (unpaired) electrons. The van der Waals surface area contributed by atoms with Gasteiger partial charge in [0.25, 0.3) is 0 Å². The number of benzene rings is 1. The fourth-order valence-corrected chi connectivity index (χ4v) is 3.01. The van der Waals surface area contributed by atoms with Gasteiger partial charge in [-0.2, -0.15) is 5.26 Å². The van der Waals surface area contributed by atoms with Crippen LogP contribution in [0.1, 0.15) is 34.5 Å². The highest BCUT2D eigenvalue weighted by Crippen LogP contribution is 2.35. The molecule has 156 valence electrons. The molecule has 0 amide bonds. The van der Waals surface area contributed by atoms with Crippen LogP contribution >= 0.6 is 0 Å². The molecule has 4 rings (SSSR count). The number of hydrogen-bond donors (Lipinski definition) is 2. The normalized spacial score (nSPS) is 13.5. The van der Waals surface area contributed by atoms with E-state index in [1.54, 1.807) is 32.2 Å². The van der Waals surface area contributed by atoms with Gasteiger partial charge in [0.15, 0.2) is 5.75 Å². The summed E-state index contributed by atoms with van der Waals surface area (Å²) >= 11 is 0. The van der Waals surface area contributed by atoms with Gasteiger partial charge in [-0.25, -0.2) is 14.8 Å². The molecule has 0 spiro atoms. The maximum Gasteiger partial charge on any atom is 0.374 e. The number of hydrogen-bond acceptors (Lipinski definition) is 9. The predicted molar refractivity (Wildman–Crippen MR) is 112 cm³/mol. The molecule has 0 saturated carbocycles. The summed E-state index contributed by atoms with van der Waals surface area (Å²) in [6, 6.07) is 12.8. The molecule has 31 heavy (non-hydrogen) atoms. The molecule has 0 bridgehead atoms. The molecule has 2 aromatic heterocycles. The van der Waals surface area contributed by atoms with Crippen LogP contribution in [0.5, 0.6) is 5.75 Å². The van der Waals surface area contributed by atoms with Crippen molar-refractivity contribution in [3.8, 4) is 11.8 Å². The summed E-state index contributed by atoms with van der Waals surface area (Å²) in [6.45, 7) is 4.09. The van der Waals surface area contributed by atoms with Crippen molar-refractivity contribution in [3.05, 3.63) is 71.3 Å². The van der Waals surface area contributed by atoms with E-state index in [9.17, 15) is 10.1 Å². The molecular formula is C22H19N5O4. The number of nitrogens with one attached hydrogen (secondary N) is 2. The lowest BCUT2D eigenvalue weighted by Gasteiger charge is -2.07. The van der Waals surface area contributed by atoms with Crippen molar-refractivity contribution in [2.45, 2.75) is 20.4 Å². The third-order valence-corrected chi connectivity index (χ3v) is 4.53. The number of esters is 1. The van der Waals surface area contributed by atoms with E-state index in [-0.39, 0.29) is 17.9 Å². The van der Waals surface area contributed by atoms with E-state index in [1.807, 2.05) is 24.3 Å². The molecule has 9 heteroatoms. The van der Waals surface area contributed by atoms with Crippen molar-refractivity contribution in [2.24, 2.45) is 0 Å². The monoisotopic (exact) mass is 417 g/mol. The molecule has 0 saturated heterocycles. The highest BCUT2D eigenvalue weighted by Gasteiger charge is 2.22. The van der Waals surface area contributed by atoms with Crippen LogP contribution in [0.15, 0.2) is 52.9 Å². The van der Waals surface area contributed by atoms with Gasteiger partial charge in [-0.05, 0) is 38.1 Å². The van der Waals surface area contributed by atoms with Crippen molar-refractivity contribution in [1.82, 2.24) is 9.97 Å². The topological polar surface area (TPSA) is 122 Å². The molecule has 0 aliphatic carbocycles. The summed E-state index contributed by atoms with van der Waals surface area (Å²) < 4.78 is 16.2. The van der Waals surface area contributed by atoms with Gasteiger partial charge >= 0.3 is 5.97 Å². The third-order valence-electron chi connectivity index (χ3n) is 4.53. The minimum Gasteiger partial charge on any atom is -0.460 e. The van der Waals surface area contributed by atoms with Crippen LogP contribution < -0.4 is 15.4 Å². The minimum absolute atomic E-state index is 0.145. The van der Waals surface area contributed by atoms with Crippen molar-refractivity contribution >= 4 is 23.2 Å². The zero-order chi connectivity index (χ0) is 21.8. The van der Waals surface area contributed by atoms with Gasteiger partial charge in [-0.3, -0.25) is 0 Å². The minimum atomic E-state index is -0.509. The smallest absolute Gasteiger partial charge is 0.374 e. The van der Waals surface area contributed by atoms with Gasteiger partial charge < -0.3 is 24.5 Å². The second-order valence-corrected chi connectivity index (χ2v) is 6.57. The van der Waals surface area contributed by atoms with E-state index in [0.717, 1.165) is 11.3 Å². The van der Waals surface area contributed by atoms with Gasteiger partial charge in [0, 0.05) is 18.3 Å². The number of nitrogens with zero attached hydrogens (tertiary/aromatic N) is 3. The molecule has 0 fully saturated rings. The zero-order valence-corrected chi connectivity index (χ0v) is 16.9. The van der Waals surface area contributed by atoms with E-state index < -0.39 is 5.97 Å². The second kappa shape index (κ2) is 8.59. The maximum absolute atomic E-state index is 11.8. The first-order valence-electron chi connectivity index (χ1n) is 9.61. The van der Waals surface area contributed by atoms with E-state index in [2.05, 4.69) is 26.7 Å². The third kappa shape index (κ3) is 4.18. The summed E-state index contributed by atoms with van der Waals surface area (Å²) in [5.41, 5.74) is 2.22. The second-order valence-electron chi connectivity index (χ2n) is 6.57. The first-order chi connectivity index (χ1) is 15.1. The van der Waals surface area contributed by atoms with Gasteiger partial charge in [0.05, 0.1) is 18.0 Å². The summed E-state index contributed by atoms with van der Waals surface area (Å²) in [5, 5.41) is 15.9. The van der Waals surface area contributed by atoms with Crippen LogP contribution in [0.4, 0.5) is 11.6 Å². The number of nitriles is 1. The molecule has 1 aliphatic rings. The Labute approximate surface area is 178 Å². The standard InChI is InChI=1S/C22H19N5O4/c1-3-29-21(28)19-10-14(13(2)30-19)12-25-22-24-9-8-16(27-22)15(11-23)20-26-17-6-4-5-7-18(17)31-20/h4-10,26H,3,12H2,1-2H3,(H,24,25,27). The van der Waals surface area contributed by atoms with Gasteiger partial charge in [-0.15, -0.1) is 0 Å². The molecule has 1 aromatic carbocycles. The van der Waals surface area contributed by atoms with Crippen LogP contribution in [-0.2, 0) is 11.3 Å². The average Bonchev–Trinajstić information content (AvgIpc) is 3.36. The van der Waals surface area contributed by atoms with Crippen molar-refractivity contribution in [3.63, 3.8) is 0 Å². The number of fused-ring (bicyclic) bond motifs is 1. The molecule has 1 aliphatic heterocycles.